The van der Waals surface area contributed by atoms with E-state index in [-0.39, 0.29) is 23.7 Å². The second-order valence-electron chi connectivity index (χ2n) is 12.4. The van der Waals surface area contributed by atoms with Crippen molar-refractivity contribution in [3.8, 4) is 0 Å². The van der Waals surface area contributed by atoms with Crippen molar-refractivity contribution in [3.63, 3.8) is 0 Å². The number of H-pyrrole nitrogens is 1. The van der Waals surface area contributed by atoms with Gasteiger partial charge in [-0.05, 0) is 36.0 Å². The van der Waals surface area contributed by atoms with Crippen LogP contribution < -0.4 is 10.6 Å². The molecule has 0 radical (unpaired) electrons. The van der Waals surface area contributed by atoms with Crippen molar-refractivity contribution < 1.29 is 14.7 Å². The van der Waals surface area contributed by atoms with Gasteiger partial charge in [0.15, 0.2) is 0 Å². The van der Waals surface area contributed by atoms with Gasteiger partial charge >= 0.3 is 0 Å². The molecule has 204 valence electrons. The van der Waals surface area contributed by atoms with Crippen LogP contribution in [0.2, 0.25) is 0 Å². The van der Waals surface area contributed by atoms with E-state index in [9.17, 15) is 14.7 Å². The summed E-state index contributed by atoms with van der Waals surface area (Å²) in [6.07, 6.45) is 3.67. The zero-order valence-electron chi connectivity index (χ0n) is 23.2. The van der Waals surface area contributed by atoms with E-state index in [1.807, 2.05) is 42.5 Å². The minimum atomic E-state index is -1.31. The number of fused-ring (bicyclic) bond motifs is 6. The number of carbonyl (C=O) groups excluding carboxylic acids is 2. The molecule has 39 heavy (non-hydrogen) atoms. The van der Waals surface area contributed by atoms with Gasteiger partial charge in [0.05, 0.1) is 0 Å². The summed E-state index contributed by atoms with van der Waals surface area (Å²) < 4.78 is 0. The molecule has 1 aromatic heterocycles. The largest absolute Gasteiger partial charge is 0.381 e. The number of rotatable bonds is 7. The highest BCUT2D eigenvalue weighted by Gasteiger charge is 2.62. The summed E-state index contributed by atoms with van der Waals surface area (Å²) >= 11 is 0. The molecule has 2 amide bonds. The monoisotopic (exact) mass is 526 g/mol. The number of aryl methyl sites for hydroxylation is 1. The van der Waals surface area contributed by atoms with Crippen molar-refractivity contribution in [3.05, 3.63) is 77.5 Å². The van der Waals surface area contributed by atoms with Crippen LogP contribution in [0, 0.1) is 5.92 Å². The molecule has 2 saturated heterocycles. The Morgan fingerprint density at radius 2 is 1.92 bits per heavy atom. The number of para-hydroxylation sites is 2. The molecule has 0 unspecified atom stereocenters. The van der Waals surface area contributed by atoms with Gasteiger partial charge in [0, 0.05) is 46.1 Å². The molecule has 6 rings (SSSR count). The first-order chi connectivity index (χ1) is 18.5. The highest BCUT2D eigenvalue weighted by Crippen LogP contribution is 2.51. The topological polar surface area (TPSA) is 97.5 Å². The van der Waals surface area contributed by atoms with Crippen LogP contribution in [0.3, 0.4) is 0 Å². The van der Waals surface area contributed by atoms with E-state index in [0.717, 1.165) is 51.8 Å². The minimum absolute atomic E-state index is 0.169. The van der Waals surface area contributed by atoms with Crippen molar-refractivity contribution in [2.75, 3.05) is 5.32 Å². The molecule has 3 aromatic rings. The summed E-state index contributed by atoms with van der Waals surface area (Å²) in [5.74, 6) is 0.172. The lowest BCUT2D eigenvalue weighted by Crippen LogP contribution is -2.64. The number of hydrogen-bond acceptors (Lipinski definition) is 4. The number of aromatic nitrogens is 1. The number of piperazine rings is 1. The van der Waals surface area contributed by atoms with Crippen molar-refractivity contribution in [2.24, 2.45) is 5.92 Å². The standard InChI is InChI=1S/C32H38N4O3/c1-6-31(4,5)27-21(20-11-7-8-13-23(20)33-27)16-24-29(38)36-25(28(37)34-24)17-32(39)22-12-9-10-19(15-14-18(2)3)26(22)35-30(32)36/h6-13,18,24-25,30,33,35,39H,1,14-17H2,2-5H3,(H,34,37)/t24-,25-,30+,32-/m0/s1. The van der Waals surface area contributed by atoms with Crippen LogP contribution in [-0.4, -0.2) is 45.1 Å². The lowest BCUT2D eigenvalue weighted by molar-refractivity contribution is -0.149. The third-order valence-corrected chi connectivity index (χ3v) is 9.01. The van der Waals surface area contributed by atoms with Crippen LogP contribution in [0.1, 0.15) is 62.9 Å². The van der Waals surface area contributed by atoms with Gasteiger partial charge in [-0.15, -0.1) is 6.58 Å². The van der Waals surface area contributed by atoms with Crippen LogP contribution in [0.25, 0.3) is 10.9 Å². The molecule has 0 aliphatic carbocycles. The number of nitrogens with zero attached hydrogens (tertiary/aromatic N) is 1. The minimum Gasteiger partial charge on any atom is -0.381 e. The van der Waals surface area contributed by atoms with Crippen molar-refractivity contribution in [2.45, 2.75) is 82.6 Å². The third kappa shape index (κ3) is 3.89. The van der Waals surface area contributed by atoms with Crippen LogP contribution >= 0.6 is 0 Å². The fourth-order valence-electron chi connectivity index (χ4n) is 6.70. The lowest BCUT2D eigenvalue weighted by Gasteiger charge is -2.38. The summed E-state index contributed by atoms with van der Waals surface area (Å²) in [6.45, 7) is 12.6. The van der Waals surface area contributed by atoms with Crippen LogP contribution in [0.5, 0.6) is 0 Å². The maximum atomic E-state index is 14.1. The molecule has 3 aliphatic rings. The fraction of sp³-hybridized carbons (Fsp3) is 0.438. The molecule has 7 nitrogen and oxygen atoms in total. The first-order valence-electron chi connectivity index (χ1n) is 14.0. The van der Waals surface area contributed by atoms with E-state index in [1.54, 1.807) is 4.90 Å². The van der Waals surface area contributed by atoms with Crippen LogP contribution in [-0.2, 0) is 33.4 Å². The van der Waals surface area contributed by atoms with E-state index in [2.05, 4.69) is 56.0 Å². The first kappa shape index (κ1) is 25.7. The Balaban J connectivity index is 1.34. The lowest BCUT2D eigenvalue weighted by atomic mass is 9.84. The predicted molar refractivity (Wildman–Crippen MR) is 153 cm³/mol. The summed E-state index contributed by atoms with van der Waals surface area (Å²) in [6, 6.07) is 12.6. The van der Waals surface area contributed by atoms with Crippen LogP contribution in [0.15, 0.2) is 55.1 Å². The molecule has 3 aliphatic heterocycles. The number of carbonyl (C=O) groups is 2. The summed E-state index contributed by atoms with van der Waals surface area (Å²) in [5.41, 5.74) is 4.14. The van der Waals surface area contributed by atoms with Gasteiger partial charge < -0.3 is 25.6 Å². The number of hydrogen-bond donors (Lipinski definition) is 4. The van der Waals surface area contributed by atoms with E-state index < -0.39 is 23.9 Å². The Bertz CT molecular complexity index is 1490. The van der Waals surface area contributed by atoms with Gasteiger partial charge in [-0.3, -0.25) is 9.59 Å². The molecular weight excluding hydrogens is 488 g/mol. The molecule has 4 heterocycles. The number of amides is 2. The Morgan fingerprint density at radius 3 is 2.67 bits per heavy atom. The van der Waals surface area contributed by atoms with E-state index in [1.165, 1.54) is 0 Å². The van der Waals surface area contributed by atoms with Gasteiger partial charge in [-0.25, -0.2) is 0 Å². The van der Waals surface area contributed by atoms with Crippen molar-refractivity contribution in [1.29, 1.82) is 0 Å². The molecule has 0 saturated carbocycles. The maximum Gasteiger partial charge on any atom is 0.247 e. The quantitative estimate of drug-likeness (QED) is 0.341. The normalized spacial score (nSPS) is 25.9. The number of aromatic amines is 1. The number of anilines is 1. The molecule has 2 fully saturated rings. The highest BCUT2D eigenvalue weighted by atomic mass is 16.3. The summed E-state index contributed by atoms with van der Waals surface area (Å²) in [7, 11) is 0. The number of aliphatic hydroxyl groups is 1. The van der Waals surface area contributed by atoms with E-state index in [0.29, 0.717) is 12.3 Å². The molecule has 0 bridgehead atoms. The smallest absolute Gasteiger partial charge is 0.247 e. The highest BCUT2D eigenvalue weighted by molar-refractivity contribution is 5.99. The Labute approximate surface area is 229 Å². The fourth-order valence-corrected chi connectivity index (χ4v) is 6.70. The molecule has 0 spiro atoms. The van der Waals surface area contributed by atoms with E-state index in [4.69, 9.17) is 0 Å². The van der Waals surface area contributed by atoms with Crippen LogP contribution in [0.4, 0.5) is 5.69 Å². The molecule has 7 heteroatoms. The van der Waals surface area contributed by atoms with Gasteiger partial charge in [0.25, 0.3) is 0 Å². The average Bonchev–Trinajstić information content (AvgIpc) is 3.52. The Morgan fingerprint density at radius 1 is 1.15 bits per heavy atom. The van der Waals surface area contributed by atoms with Gasteiger partial charge in [-0.1, -0.05) is 70.2 Å². The maximum absolute atomic E-state index is 14.1. The zero-order chi connectivity index (χ0) is 27.7. The van der Waals surface area contributed by atoms with Gasteiger partial charge in [0.1, 0.15) is 23.9 Å². The third-order valence-electron chi connectivity index (χ3n) is 9.01. The Hall–Kier alpha value is -3.58. The SMILES string of the molecule is C=CC(C)(C)c1[nH]c2ccccc2c1C[C@@H]1NC(=O)[C@@H]2C[C@]3(O)c4cccc(CCC(C)C)c4N[C@@H]3N2C1=O. The summed E-state index contributed by atoms with van der Waals surface area (Å²) in [4.78, 5) is 32.7. The van der Waals surface area contributed by atoms with Crippen molar-refractivity contribution in [1.82, 2.24) is 15.2 Å². The zero-order valence-corrected chi connectivity index (χ0v) is 23.2. The van der Waals surface area contributed by atoms with Gasteiger partial charge in [-0.2, -0.15) is 0 Å². The predicted octanol–water partition coefficient (Wildman–Crippen LogP) is 4.50. The molecule has 2 aromatic carbocycles. The summed E-state index contributed by atoms with van der Waals surface area (Å²) in [5, 5.41) is 19.5. The average molecular weight is 527 g/mol. The first-order valence-corrected chi connectivity index (χ1v) is 14.0. The Kier molecular flexibility index (Phi) is 5.92. The molecular formula is C32H38N4O3. The number of benzene rings is 2. The molecule has 4 N–H and O–H groups in total. The second kappa shape index (κ2) is 8.98. The molecule has 4 atom stereocenters. The van der Waals surface area contributed by atoms with Gasteiger partial charge in [0.2, 0.25) is 11.8 Å². The van der Waals surface area contributed by atoms with E-state index >= 15 is 0 Å². The van der Waals surface area contributed by atoms with Crippen molar-refractivity contribution >= 4 is 28.4 Å². The number of nitrogens with one attached hydrogen (secondary N) is 3. The number of allylic oxidation sites excluding steroid dienone is 1. The second-order valence-corrected chi connectivity index (χ2v) is 12.4.